The Morgan fingerprint density at radius 3 is 2.30 bits per heavy atom. The molecule has 4 atom stereocenters. The maximum atomic E-state index is 13.1. The molecule has 6 heteroatoms. The van der Waals surface area contributed by atoms with Gasteiger partial charge in [-0.15, -0.1) is 0 Å². The highest BCUT2D eigenvalue weighted by molar-refractivity contribution is 6.23. The van der Waals surface area contributed by atoms with Crippen molar-refractivity contribution in [1.29, 1.82) is 0 Å². The number of benzene rings is 1. The zero-order valence-electron chi connectivity index (χ0n) is 14.9. The van der Waals surface area contributed by atoms with E-state index in [1.165, 1.54) is 11.0 Å². The first kappa shape index (κ1) is 16.4. The molecular weight excluding hydrogens is 346 g/mol. The highest BCUT2D eigenvalue weighted by Crippen LogP contribution is 2.50. The lowest BCUT2D eigenvalue weighted by atomic mass is 9.63. The molecule has 2 bridgehead atoms. The predicted molar refractivity (Wildman–Crippen MR) is 98.0 cm³/mol. The van der Waals surface area contributed by atoms with Gasteiger partial charge in [0.2, 0.25) is 11.8 Å². The van der Waals surface area contributed by atoms with Crippen molar-refractivity contribution >= 4 is 28.5 Å². The predicted octanol–water partition coefficient (Wildman–Crippen LogP) is 2.64. The lowest BCUT2D eigenvalue weighted by molar-refractivity contribution is -0.124. The van der Waals surface area contributed by atoms with Crippen LogP contribution in [0.4, 0.5) is 5.69 Å². The van der Waals surface area contributed by atoms with E-state index in [1.807, 2.05) is 0 Å². The summed E-state index contributed by atoms with van der Waals surface area (Å²) in [6, 6.07) is 6.52. The Bertz CT molecular complexity index is 1020. The molecule has 0 N–H and O–H groups in total. The lowest BCUT2D eigenvalue weighted by Gasteiger charge is -2.38. The first-order chi connectivity index (χ1) is 13.1. The number of hydrogen-bond donors (Lipinski definition) is 0. The van der Waals surface area contributed by atoms with Crippen molar-refractivity contribution in [2.75, 3.05) is 12.0 Å². The number of rotatable bonds is 3. The number of allylic oxidation sites excluding steroid dienone is 2. The van der Waals surface area contributed by atoms with Crippen LogP contribution in [0.5, 0.6) is 0 Å². The molecule has 4 aliphatic rings. The van der Waals surface area contributed by atoms with Crippen molar-refractivity contribution in [2.24, 2.45) is 23.7 Å². The number of carbonyl (C=O) groups is 2. The third-order valence-electron chi connectivity index (χ3n) is 6.13. The Balaban J connectivity index is 1.59. The fourth-order valence-electron chi connectivity index (χ4n) is 4.96. The van der Waals surface area contributed by atoms with Gasteiger partial charge in [-0.2, -0.15) is 0 Å². The van der Waals surface area contributed by atoms with Gasteiger partial charge in [-0.3, -0.25) is 9.59 Å². The monoisotopic (exact) mass is 365 g/mol. The number of anilines is 1. The van der Waals surface area contributed by atoms with Gasteiger partial charge in [0.05, 0.1) is 24.1 Å². The standard InChI is InChI=1S/C21H19NO5/c1-26-10-13-8-17(23)27-16-9-14(6-7-15(13)16)22-20(24)18-11-2-3-12(5-4-11)19(18)21(22)25/h2-3,6-9,11-12,18-19H,4-5,10H2,1H3/t11-,12+,18-,19?/m0/s1. The van der Waals surface area contributed by atoms with Crippen LogP contribution < -0.4 is 10.5 Å². The molecule has 1 unspecified atom stereocenters. The smallest absolute Gasteiger partial charge is 0.336 e. The minimum Gasteiger partial charge on any atom is -0.423 e. The Morgan fingerprint density at radius 1 is 1.04 bits per heavy atom. The number of imide groups is 1. The van der Waals surface area contributed by atoms with Gasteiger partial charge in [-0.25, -0.2) is 9.69 Å². The molecule has 2 heterocycles. The van der Waals surface area contributed by atoms with Gasteiger partial charge >= 0.3 is 5.63 Å². The lowest BCUT2D eigenvalue weighted by Crippen LogP contribution is -2.38. The Labute approximate surface area is 155 Å². The fourth-order valence-corrected chi connectivity index (χ4v) is 4.96. The summed E-state index contributed by atoms with van der Waals surface area (Å²) in [7, 11) is 1.56. The molecule has 1 aromatic carbocycles. The van der Waals surface area contributed by atoms with E-state index in [-0.39, 0.29) is 42.1 Å². The number of nitrogens with zero attached hydrogens (tertiary/aromatic N) is 1. The van der Waals surface area contributed by atoms with Crippen molar-refractivity contribution in [3.05, 3.63) is 52.4 Å². The Morgan fingerprint density at radius 2 is 1.70 bits per heavy atom. The first-order valence-electron chi connectivity index (χ1n) is 9.20. The molecule has 0 radical (unpaired) electrons. The van der Waals surface area contributed by atoms with E-state index in [4.69, 9.17) is 9.15 Å². The molecule has 2 fully saturated rings. The van der Waals surface area contributed by atoms with Gasteiger partial charge in [-0.05, 0) is 42.4 Å². The van der Waals surface area contributed by atoms with Crippen LogP contribution in [-0.4, -0.2) is 18.9 Å². The summed E-state index contributed by atoms with van der Waals surface area (Å²) in [5, 5.41) is 0.735. The second-order valence-electron chi connectivity index (χ2n) is 7.56. The van der Waals surface area contributed by atoms with Crippen LogP contribution in [-0.2, 0) is 20.9 Å². The van der Waals surface area contributed by atoms with Gasteiger partial charge < -0.3 is 9.15 Å². The summed E-state index contributed by atoms with van der Waals surface area (Å²) in [6.45, 7) is 0.280. The van der Waals surface area contributed by atoms with Crippen molar-refractivity contribution in [3.8, 4) is 0 Å². The second-order valence-corrected chi connectivity index (χ2v) is 7.56. The van der Waals surface area contributed by atoms with Crippen LogP contribution in [0.2, 0.25) is 0 Å². The maximum Gasteiger partial charge on any atom is 0.336 e. The zero-order chi connectivity index (χ0) is 18.7. The summed E-state index contributed by atoms with van der Waals surface area (Å²) >= 11 is 0. The normalized spacial score (nSPS) is 29.0. The second kappa shape index (κ2) is 5.89. The molecule has 6 rings (SSSR count). The van der Waals surface area contributed by atoms with E-state index in [0.29, 0.717) is 16.8 Å². The number of ether oxygens (including phenoxy) is 1. The van der Waals surface area contributed by atoms with Gasteiger partial charge in [0, 0.05) is 24.6 Å². The van der Waals surface area contributed by atoms with Gasteiger partial charge in [0.15, 0.2) is 0 Å². The van der Waals surface area contributed by atoms with Crippen LogP contribution in [0, 0.1) is 23.7 Å². The molecule has 2 aromatic rings. The van der Waals surface area contributed by atoms with Gasteiger partial charge in [0.1, 0.15) is 5.58 Å². The summed E-state index contributed by atoms with van der Waals surface area (Å²) in [4.78, 5) is 39.3. The van der Waals surface area contributed by atoms with Crippen LogP contribution in [0.15, 0.2) is 45.6 Å². The third kappa shape index (κ3) is 2.33. The topological polar surface area (TPSA) is 76.8 Å². The number of fused-ring (bicyclic) bond motifs is 2. The molecule has 138 valence electrons. The molecule has 2 amide bonds. The summed E-state index contributed by atoms with van der Waals surface area (Å²) in [6.07, 6.45) is 6.12. The molecular formula is C21H19NO5. The molecule has 1 saturated carbocycles. The average molecular weight is 365 g/mol. The molecule has 6 nitrogen and oxygen atoms in total. The third-order valence-corrected chi connectivity index (χ3v) is 6.13. The van der Waals surface area contributed by atoms with Crippen LogP contribution in [0.1, 0.15) is 18.4 Å². The SMILES string of the molecule is COCc1cc(=O)oc2cc(N3C(=O)C4[C@@H]5C=C[C@@H](CC5)[C@@H]4C3=O)ccc12. The largest absolute Gasteiger partial charge is 0.423 e. The highest BCUT2D eigenvalue weighted by atomic mass is 16.5. The maximum absolute atomic E-state index is 13.1. The fraction of sp³-hybridized carbons (Fsp3) is 0.381. The number of carbonyl (C=O) groups excluding carboxylic acids is 2. The van der Waals surface area contributed by atoms with E-state index >= 15 is 0 Å². The molecule has 0 spiro atoms. The summed E-state index contributed by atoms with van der Waals surface area (Å²) in [5.41, 5.74) is 1.04. The van der Waals surface area contributed by atoms with Gasteiger partial charge in [0.25, 0.3) is 0 Å². The van der Waals surface area contributed by atoms with Gasteiger partial charge in [-0.1, -0.05) is 12.2 Å². The quantitative estimate of drug-likeness (QED) is 0.475. The average Bonchev–Trinajstić information content (AvgIpc) is 2.95. The van der Waals surface area contributed by atoms with Crippen molar-refractivity contribution in [2.45, 2.75) is 19.4 Å². The molecule has 3 aliphatic carbocycles. The molecule has 1 aromatic heterocycles. The van der Waals surface area contributed by atoms with Crippen molar-refractivity contribution < 1.29 is 18.7 Å². The first-order valence-corrected chi connectivity index (χ1v) is 9.20. The number of amides is 2. The van der Waals surface area contributed by atoms with E-state index in [0.717, 1.165) is 18.2 Å². The van der Waals surface area contributed by atoms with Crippen molar-refractivity contribution in [3.63, 3.8) is 0 Å². The minimum atomic E-state index is -0.485. The zero-order valence-corrected chi connectivity index (χ0v) is 14.9. The van der Waals surface area contributed by atoms with E-state index in [2.05, 4.69) is 12.2 Å². The molecule has 27 heavy (non-hydrogen) atoms. The Kier molecular flexibility index (Phi) is 3.59. The molecule has 1 aliphatic heterocycles. The Hall–Kier alpha value is -2.73. The van der Waals surface area contributed by atoms with E-state index in [9.17, 15) is 14.4 Å². The number of hydrogen-bond acceptors (Lipinski definition) is 5. The van der Waals surface area contributed by atoms with Crippen LogP contribution >= 0.6 is 0 Å². The van der Waals surface area contributed by atoms with E-state index < -0.39 is 5.63 Å². The summed E-state index contributed by atoms with van der Waals surface area (Å²) in [5.74, 6) is -0.508. The van der Waals surface area contributed by atoms with Crippen LogP contribution in [0.25, 0.3) is 11.0 Å². The number of methoxy groups -OCH3 is 1. The van der Waals surface area contributed by atoms with Crippen molar-refractivity contribution in [1.82, 2.24) is 0 Å². The highest BCUT2D eigenvalue weighted by Gasteiger charge is 2.56. The molecule has 1 saturated heterocycles. The summed E-state index contributed by atoms with van der Waals surface area (Å²) < 4.78 is 10.5. The minimum absolute atomic E-state index is 0.140. The van der Waals surface area contributed by atoms with E-state index in [1.54, 1.807) is 25.3 Å². The van der Waals surface area contributed by atoms with Crippen LogP contribution in [0.3, 0.4) is 0 Å².